The minimum Gasteiger partial charge on any atom is -0.294 e. The van der Waals surface area contributed by atoms with E-state index in [-0.39, 0.29) is 11.5 Å². The van der Waals surface area contributed by atoms with Crippen LogP contribution in [0.4, 0.5) is 5.00 Å². The first-order valence-electron chi connectivity index (χ1n) is 5.47. The van der Waals surface area contributed by atoms with Gasteiger partial charge in [0.2, 0.25) is 10.0 Å². The maximum atomic E-state index is 11.7. The van der Waals surface area contributed by atoms with Crippen LogP contribution < -0.4 is 4.72 Å². The highest BCUT2D eigenvalue weighted by Crippen LogP contribution is 2.36. The second-order valence-corrected chi connectivity index (χ2v) is 6.93. The molecule has 0 unspecified atom stereocenters. The van der Waals surface area contributed by atoms with Crippen LogP contribution in [0.3, 0.4) is 0 Å². The van der Waals surface area contributed by atoms with Crippen molar-refractivity contribution in [1.29, 1.82) is 0 Å². The van der Waals surface area contributed by atoms with Gasteiger partial charge in [0.25, 0.3) is 0 Å². The first-order valence-corrected chi connectivity index (χ1v) is 7.94. The van der Waals surface area contributed by atoms with Gasteiger partial charge in [-0.25, -0.2) is 8.42 Å². The number of anilines is 1. The molecule has 2 rings (SSSR count). The van der Waals surface area contributed by atoms with Gasteiger partial charge >= 0.3 is 0 Å². The van der Waals surface area contributed by atoms with Crippen molar-refractivity contribution in [1.82, 2.24) is 0 Å². The molecule has 1 N–H and O–H groups in total. The monoisotopic (exact) mass is 283 g/mol. The van der Waals surface area contributed by atoms with Crippen molar-refractivity contribution in [2.75, 3.05) is 10.5 Å². The smallest absolute Gasteiger partial charge is 0.233 e. The van der Waals surface area contributed by atoms with Gasteiger partial charge in [0.1, 0.15) is 5.00 Å². The normalized spacial score (nSPS) is 11.7. The van der Waals surface area contributed by atoms with Gasteiger partial charge in [-0.15, -0.1) is 11.3 Å². The molecule has 1 aromatic heterocycles. The number of thiophene rings is 1. The van der Waals surface area contributed by atoms with Crippen molar-refractivity contribution in [3.63, 3.8) is 0 Å². The zero-order chi connectivity index (χ0) is 13.3. The van der Waals surface area contributed by atoms with Crippen LogP contribution in [0.1, 0.15) is 24.2 Å². The molecule has 0 aliphatic heterocycles. The number of carbonyl (C=O) groups is 1. The number of hydrogen-bond acceptors (Lipinski definition) is 4. The fraction of sp³-hybridized carbons (Fsp3) is 0.250. The maximum Gasteiger partial charge on any atom is 0.233 e. The lowest BCUT2D eigenvalue weighted by Crippen LogP contribution is -2.15. The van der Waals surface area contributed by atoms with Crippen LogP contribution in [0, 0.1) is 0 Å². The third-order valence-corrected chi connectivity index (χ3v) is 5.07. The lowest BCUT2D eigenvalue weighted by Gasteiger charge is -2.04. The van der Waals surface area contributed by atoms with E-state index in [9.17, 15) is 13.2 Å². The van der Waals surface area contributed by atoms with Gasteiger partial charge in [-0.05, 0) is 19.9 Å². The number of rotatable bonds is 4. The standard InChI is InChI=1S/C12H13NO3S2/c1-3-18(15,16)13-12-11(8(2)14)9-6-4-5-7-10(9)17-12/h4-7,13H,3H2,1-2H3. The van der Waals surface area contributed by atoms with Crippen LogP contribution in [0.25, 0.3) is 10.1 Å². The van der Waals surface area contributed by atoms with Crippen molar-refractivity contribution in [2.45, 2.75) is 13.8 Å². The molecule has 0 fully saturated rings. The molecule has 96 valence electrons. The highest BCUT2D eigenvalue weighted by atomic mass is 32.2. The van der Waals surface area contributed by atoms with Crippen molar-refractivity contribution >= 4 is 42.2 Å². The predicted molar refractivity (Wildman–Crippen MR) is 74.9 cm³/mol. The third-order valence-electron chi connectivity index (χ3n) is 2.58. The lowest BCUT2D eigenvalue weighted by molar-refractivity contribution is 0.102. The van der Waals surface area contributed by atoms with E-state index in [4.69, 9.17) is 0 Å². The fourth-order valence-corrected chi connectivity index (χ4v) is 3.76. The van der Waals surface area contributed by atoms with Crippen LogP contribution in [0.5, 0.6) is 0 Å². The molecule has 0 radical (unpaired) electrons. The molecule has 1 heterocycles. The molecule has 18 heavy (non-hydrogen) atoms. The summed E-state index contributed by atoms with van der Waals surface area (Å²) in [5.41, 5.74) is 0.452. The van der Waals surface area contributed by atoms with Crippen molar-refractivity contribution in [3.8, 4) is 0 Å². The Morgan fingerprint density at radius 2 is 2.00 bits per heavy atom. The Morgan fingerprint density at radius 1 is 1.33 bits per heavy atom. The van der Waals surface area contributed by atoms with E-state index in [0.717, 1.165) is 10.1 Å². The Labute approximate surface area is 110 Å². The molecule has 0 atom stereocenters. The Bertz CT molecular complexity index is 701. The molecule has 0 spiro atoms. The van der Waals surface area contributed by atoms with Gasteiger partial charge in [-0.3, -0.25) is 9.52 Å². The number of ketones is 1. The predicted octanol–water partition coefficient (Wildman–Crippen LogP) is 2.87. The molecule has 0 amide bonds. The number of benzene rings is 1. The Kier molecular flexibility index (Phi) is 3.41. The van der Waals surface area contributed by atoms with Crippen LogP contribution in [0.2, 0.25) is 0 Å². The van der Waals surface area contributed by atoms with Crippen LogP contribution in [-0.2, 0) is 10.0 Å². The van der Waals surface area contributed by atoms with E-state index >= 15 is 0 Å². The molecule has 0 saturated carbocycles. The molecular formula is C12H13NO3S2. The van der Waals surface area contributed by atoms with Gasteiger partial charge < -0.3 is 0 Å². The largest absolute Gasteiger partial charge is 0.294 e. The Hall–Kier alpha value is -1.40. The third kappa shape index (κ3) is 2.39. The van der Waals surface area contributed by atoms with E-state index in [0.29, 0.717) is 10.6 Å². The van der Waals surface area contributed by atoms with Crippen LogP contribution in [0.15, 0.2) is 24.3 Å². The minimum absolute atomic E-state index is 0.0153. The summed E-state index contributed by atoms with van der Waals surface area (Å²) in [7, 11) is -3.37. The first-order chi connectivity index (χ1) is 8.44. The zero-order valence-electron chi connectivity index (χ0n) is 10.1. The Morgan fingerprint density at radius 3 is 2.61 bits per heavy atom. The number of carbonyl (C=O) groups excluding carboxylic acids is 1. The number of fused-ring (bicyclic) bond motifs is 1. The van der Waals surface area contributed by atoms with Gasteiger partial charge in [0.15, 0.2) is 5.78 Å². The summed E-state index contributed by atoms with van der Waals surface area (Å²) in [5.74, 6) is -0.153. The molecular weight excluding hydrogens is 270 g/mol. The quantitative estimate of drug-likeness (QED) is 0.878. The van der Waals surface area contributed by atoms with Crippen molar-refractivity contribution in [3.05, 3.63) is 29.8 Å². The molecule has 0 aliphatic carbocycles. The summed E-state index contributed by atoms with van der Waals surface area (Å²) in [6.07, 6.45) is 0. The molecule has 6 heteroatoms. The number of nitrogens with one attached hydrogen (secondary N) is 1. The molecule has 0 aliphatic rings. The second kappa shape index (κ2) is 4.70. The van der Waals surface area contributed by atoms with E-state index in [1.165, 1.54) is 18.3 Å². The lowest BCUT2D eigenvalue weighted by atomic mass is 10.1. The molecule has 0 saturated heterocycles. The Balaban J connectivity index is 2.63. The molecule has 2 aromatic rings. The second-order valence-electron chi connectivity index (χ2n) is 3.86. The SMILES string of the molecule is CCS(=O)(=O)Nc1sc2ccccc2c1C(C)=O. The first kappa shape index (κ1) is 13.0. The highest BCUT2D eigenvalue weighted by molar-refractivity contribution is 7.92. The van der Waals surface area contributed by atoms with Gasteiger partial charge in [-0.2, -0.15) is 0 Å². The number of Topliss-reactive ketones (excluding diaryl/α,β-unsaturated/α-hetero) is 1. The van der Waals surface area contributed by atoms with E-state index in [1.807, 2.05) is 24.3 Å². The molecule has 0 bridgehead atoms. The summed E-state index contributed by atoms with van der Waals surface area (Å²) < 4.78 is 26.6. The summed E-state index contributed by atoms with van der Waals surface area (Å²) in [6.45, 7) is 3.00. The molecule has 4 nitrogen and oxygen atoms in total. The summed E-state index contributed by atoms with van der Waals surface area (Å²) in [4.78, 5) is 11.7. The summed E-state index contributed by atoms with van der Waals surface area (Å²) in [5, 5.41) is 1.20. The average molecular weight is 283 g/mol. The van der Waals surface area contributed by atoms with Crippen LogP contribution in [-0.4, -0.2) is 20.0 Å². The topological polar surface area (TPSA) is 63.2 Å². The van der Waals surface area contributed by atoms with E-state index < -0.39 is 10.0 Å². The highest BCUT2D eigenvalue weighted by Gasteiger charge is 2.19. The van der Waals surface area contributed by atoms with Crippen molar-refractivity contribution in [2.24, 2.45) is 0 Å². The van der Waals surface area contributed by atoms with Gasteiger partial charge in [-0.1, -0.05) is 18.2 Å². The summed E-state index contributed by atoms with van der Waals surface area (Å²) in [6, 6.07) is 7.39. The minimum atomic E-state index is -3.37. The number of sulfonamides is 1. The van der Waals surface area contributed by atoms with Crippen molar-refractivity contribution < 1.29 is 13.2 Å². The zero-order valence-corrected chi connectivity index (χ0v) is 11.7. The summed E-state index contributed by atoms with van der Waals surface area (Å²) >= 11 is 1.28. The van der Waals surface area contributed by atoms with Crippen LogP contribution >= 0.6 is 11.3 Å². The van der Waals surface area contributed by atoms with E-state index in [1.54, 1.807) is 6.92 Å². The van der Waals surface area contributed by atoms with Gasteiger partial charge in [0, 0.05) is 10.1 Å². The average Bonchev–Trinajstić information content (AvgIpc) is 2.65. The molecule has 1 aromatic carbocycles. The maximum absolute atomic E-state index is 11.7. The van der Waals surface area contributed by atoms with E-state index in [2.05, 4.69) is 4.72 Å². The number of hydrogen-bond donors (Lipinski definition) is 1. The van der Waals surface area contributed by atoms with Gasteiger partial charge in [0.05, 0.1) is 11.3 Å². The fourth-order valence-electron chi connectivity index (χ4n) is 1.68.